The molecule has 0 aliphatic rings. The van der Waals surface area contributed by atoms with Crippen LogP contribution in [0.3, 0.4) is 0 Å². The summed E-state index contributed by atoms with van der Waals surface area (Å²) in [7, 11) is 0. The number of ether oxygens (including phenoxy) is 2. The highest BCUT2D eigenvalue weighted by Crippen LogP contribution is 2.31. The molecule has 0 bridgehead atoms. The standard InChI is InChI=1S/C24H23ClN2O3/c1-4-13-29-20-9-6-18(7-10-20)24(28)30-23-12-8-19(15-21(23)25)26-27-22-11-5-16(2)14-17(22)3/h5-12,14-15H,4,13H2,1-3H3. The molecule has 0 radical (unpaired) electrons. The average molecular weight is 423 g/mol. The van der Waals surface area contributed by atoms with Crippen molar-refractivity contribution in [3.8, 4) is 11.5 Å². The Balaban J connectivity index is 1.67. The van der Waals surface area contributed by atoms with Crippen LogP contribution in [-0.2, 0) is 0 Å². The summed E-state index contributed by atoms with van der Waals surface area (Å²) in [5.41, 5.74) is 3.98. The molecule has 0 heterocycles. The summed E-state index contributed by atoms with van der Waals surface area (Å²) in [6.07, 6.45) is 0.919. The van der Waals surface area contributed by atoms with E-state index in [9.17, 15) is 4.79 Å². The van der Waals surface area contributed by atoms with Gasteiger partial charge in [-0.25, -0.2) is 4.79 Å². The molecule has 5 nitrogen and oxygen atoms in total. The van der Waals surface area contributed by atoms with Gasteiger partial charge in [0.2, 0.25) is 0 Å². The number of nitrogens with zero attached hydrogens (tertiary/aromatic N) is 2. The number of halogens is 1. The largest absolute Gasteiger partial charge is 0.494 e. The summed E-state index contributed by atoms with van der Waals surface area (Å²) in [4.78, 5) is 12.4. The number of aryl methyl sites for hydroxylation is 2. The number of hydrogen-bond donors (Lipinski definition) is 0. The monoisotopic (exact) mass is 422 g/mol. The first kappa shape index (κ1) is 21.5. The van der Waals surface area contributed by atoms with Crippen molar-refractivity contribution in [2.75, 3.05) is 6.61 Å². The molecule has 3 aromatic rings. The van der Waals surface area contributed by atoms with Crippen LogP contribution in [0.15, 0.2) is 70.9 Å². The molecule has 6 heteroatoms. The highest BCUT2D eigenvalue weighted by Gasteiger charge is 2.12. The molecule has 0 unspecified atom stereocenters. The fraction of sp³-hybridized carbons (Fsp3) is 0.208. The second-order valence-corrected chi connectivity index (χ2v) is 7.27. The summed E-state index contributed by atoms with van der Waals surface area (Å²) in [5.74, 6) is 0.479. The average Bonchev–Trinajstić information content (AvgIpc) is 2.73. The lowest BCUT2D eigenvalue weighted by Gasteiger charge is -2.08. The van der Waals surface area contributed by atoms with Gasteiger partial charge in [-0.3, -0.25) is 0 Å². The third kappa shape index (κ3) is 5.67. The zero-order chi connectivity index (χ0) is 21.5. The molecule has 0 aliphatic carbocycles. The van der Waals surface area contributed by atoms with E-state index in [4.69, 9.17) is 21.1 Å². The van der Waals surface area contributed by atoms with Crippen molar-refractivity contribution in [3.05, 3.63) is 82.4 Å². The van der Waals surface area contributed by atoms with Crippen molar-refractivity contribution in [3.63, 3.8) is 0 Å². The summed E-state index contributed by atoms with van der Waals surface area (Å²) < 4.78 is 10.9. The molecule has 0 amide bonds. The molecule has 0 N–H and O–H groups in total. The molecule has 0 saturated carbocycles. The molecule has 3 rings (SSSR count). The van der Waals surface area contributed by atoms with Gasteiger partial charge in [-0.2, -0.15) is 10.2 Å². The van der Waals surface area contributed by atoms with E-state index in [1.807, 2.05) is 39.0 Å². The van der Waals surface area contributed by atoms with E-state index in [0.717, 1.165) is 17.7 Å². The first-order chi connectivity index (χ1) is 14.5. The maximum Gasteiger partial charge on any atom is 0.343 e. The Kier molecular flexibility index (Phi) is 7.20. The zero-order valence-electron chi connectivity index (χ0n) is 17.2. The van der Waals surface area contributed by atoms with Gasteiger partial charge in [-0.15, -0.1) is 0 Å². The molecule has 3 aromatic carbocycles. The Bertz CT molecular complexity index is 1060. The van der Waals surface area contributed by atoms with E-state index >= 15 is 0 Å². The van der Waals surface area contributed by atoms with Crippen molar-refractivity contribution in [2.45, 2.75) is 27.2 Å². The Morgan fingerprint density at radius 3 is 2.40 bits per heavy atom. The lowest BCUT2D eigenvalue weighted by molar-refractivity contribution is 0.0735. The summed E-state index contributed by atoms with van der Waals surface area (Å²) in [6.45, 7) is 6.68. The molecule has 0 aromatic heterocycles. The van der Waals surface area contributed by atoms with E-state index in [1.165, 1.54) is 5.56 Å². The van der Waals surface area contributed by atoms with Crippen LogP contribution in [0, 0.1) is 13.8 Å². The van der Waals surface area contributed by atoms with E-state index in [0.29, 0.717) is 23.6 Å². The maximum atomic E-state index is 12.4. The normalized spacial score (nSPS) is 10.9. The number of benzene rings is 3. The highest BCUT2D eigenvalue weighted by molar-refractivity contribution is 6.32. The van der Waals surface area contributed by atoms with E-state index in [-0.39, 0.29) is 10.8 Å². The number of esters is 1. The van der Waals surface area contributed by atoms with Crippen LogP contribution >= 0.6 is 11.6 Å². The highest BCUT2D eigenvalue weighted by atomic mass is 35.5. The third-order valence-corrected chi connectivity index (χ3v) is 4.60. The van der Waals surface area contributed by atoms with Gasteiger partial charge in [-0.05, 0) is 74.4 Å². The number of hydrogen-bond acceptors (Lipinski definition) is 5. The van der Waals surface area contributed by atoms with Gasteiger partial charge in [0.15, 0.2) is 0 Å². The van der Waals surface area contributed by atoms with Crippen molar-refractivity contribution >= 4 is 28.9 Å². The van der Waals surface area contributed by atoms with Crippen LogP contribution < -0.4 is 9.47 Å². The zero-order valence-corrected chi connectivity index (χ0v) is 17.9. The molecular formula is C24H23ClN2O3. The second-order valence-electron chi connectivity index (χ2n) is 6.87. The summed E-state index contributed by atoms with van der Waals surface area (Å²) >= 11 is 6.28. The van der Waals surface area contributed by atoms with Gasteiger partial charge in [-0.1, -0.05) is 36.2 Å². The fourth-order valence-electron chi connectivity index (χ4n) is 2.73. The first-order valence-corrected chi connectivity index (χ1v) is 10.1. The molecule has 154 valence electrons. The first-order valence-electron chi connectivity index (χ1n) is 9.70. The van der Waals surface area contributed by atoms with Gasteiger partial charge >= 0.3 is 5.97 Å². The molecule has 0 aliphatic heterocycles. The number of carbonyl (C=O) groups is 1. The van der Waals surface area contributed by atoms with Gasteiger partial charge in [0, 0.05) is 0 Å². The maximum absolute atomic E-state index is 12.4. The number of rotatable bonds is 7. The van der Waals surface area contributed by atoms with Crippen LogP contribution in [0.2, 0.25) is 5.02 Å². The molecule has 30 heavy (non-hydrogen) atoms. The lowest BCUT2D eigenvalue weighted by atomic mass is 10.1. The SMILES string of the molecule is CCCOc1ccc(C(=O)Oc2ccc(N=Nc3ccc(C)cc3C)cc2Cl)cc1. The van der Waals surface area contributed by atoms with Crippen LogP contribution in [0.1, 0.15) is 34.8 Å². The Morgan fingerprint density at radius 1 is 0.967 bits per heavy atom. The van der Waals surface area contributed by atoms with Crippen LogP contribution in [0.4, 0.5) is 11.4 Å². The molecule has 0 saturated heterocycles. The van der Waals surface area contributed by atoms with Crippen molar-refractivity contribution in [1.29, 1.82) is 0 Å². The minimum atomic E-state index is -0.497. The molecule has 0 fully saturated rings. The van der Waals surface area contributed by atoms with E-state index < -0.39 is 5.97 Å². The number of carbonyl (C=O) groups excluding carboxylic acids is 1. The Morgan fingerprint density at radius 2 is 1.73 bits per heavy atom. The quantitative estimate of drug-likeness (QED) is 0.226. The lowest BCUT2D eigenvalue weighted by Crippen LogP contribution is -2.08. The smallest absolute Gasteiger partial charge is 0.343 e. The minimum absolute atomic E-state index is 0.262. The van der Waals surface area contributed by atoms with E-state index in [1.54, 1.807) is 42.5 Å². The Hall–Kier alpha value is -3.18. The van der Waals surface area contributed by atoms with Gasteiger partial charge in [0.25, 0.3) is 0 Å². The van der Waals surface area contributed by atoms with Crippen LogP contribution in [0.25, 0.3) is 0 Å². The Labute approximate surface area is 181 Å². The van der Waals surface area contributed by atoms with Gasteiger partial charge in [0.1, 0.15) is 11.5 Å². The van der Waals surface area contributed by atoms with Crippen molar-refractivity contribution in [1.82, 2.24) is 0 Å². The predicted molar refractivity (Wildman–Crippen MR) is 119 cm³/mol. The fourth-order valence-corrected chi connectivity index (χ4v) is 2.94. The van der Waals surface area contributed by atoms with Gasteiger partial charge < -0.3 is 9.47 Å². The minimum Gasteiger partial charge on any atom is -0.494 e. The molecule has 0 atom stereocenters. The van der Waals surface area contributed by atoms with Crippen LogP contribution in [0.5, 0.6) is 11.5 Å². The van der Waals surface area contributed by atoms with Gasteiger partial charge in [0.05, 0.1) is 28.6 Å². The molecule has 0 spiro atoms. The van der Waals surface area contributed by atoms with Crippen LogP contribution in [-0.4, -0.2) is 12.6 Å². The molecular weight excluding hydrogens is 400 g/mol. The van der Waals surface area contributed by atoms with Crippen molar-refractivity contribution in [2.24, 2.45) is 10.2 Å². The van der Waals surface area contributed by atoms with Crippen molar-refractivity contribution < 1.29 is 14.3 Å². The topological polar surface area (TPSA) is 60.2 Å². The summed E-state index contributed by atoms with van der Waals surface area (Å²) in [6, 6.07) is 17.7. The summed E-state index contributed by atoms with van der Waals surface area (Å²) in [5, 5.41) is 8.78. The van der Waals surface area contributed by atoms with E-state index in [2.05, 4.69) is 10.2 Å². The predicted octanol–water partition coefficient (Wildman–Crippen LogP) is 7.38. The third-order valence-electron chi connectivity index (χ3n) is 4.31. The number of azo groups is 1. The second kappa shape index (κ2) is 10.0.